The first-order valence-corrected chi connectivity index (χ1v) is 7.77. The van der Waals surface area contributed by atoms with E-state index in [2.05, 4.69) is 10.1 Å². The molecule has 2 aliphatic rings. The Hall–Kier alpha value is -2.61. The van der Waals surface area contributed by atoms with E-state index in [0.29, 0.717) is 42.9 Å². The van der Waals surface area contributed by atoms with Crippen molar-refractivity contribution in [2.75, 3.05) is 19.7 Å². The van der Waals surface area contributed by atoms with Gasteiger partial charge < -0.3 is 23.6 Å². The summed E-state index contributed by atoms with van der Waals surface area (Å²) in [6.45, 7) is 3.30. The van der Waals surface area contributed by atoms with Gasteiger partial charge in [0.1, 0.15) is 13.2 Å². The predicted molar refractivity (Wildman–Crippen MR) is 80.4 cm³/mol. The number of aromatic nitrogens is 2. The van der Waals surface area contributed by atoms with E-state index in [0.717, 1.165) is 0 Å². The molecule has 1 aromatic heterocycles. The summed E-state index contributed by atoms with van der Waals surface area (Å²) in [5, 5.41) is 3.94. The van der Waals surface area contributed by atoms with Gasteiger partial charge in [-0.15, -0.1) is 0 Å². The smallest absolute Gasteiger partial charge is 0.252 e. The summed E-state index contributed by atoms with van der Waals surface area (Å²) in [7, 11) is 0. The minimum atomic E-state index is -0.408. The highest BCUT2D eigenvalue weighted by atomic mass is 16.6. The van der Waals surface area contributed by atoms with Crippen molar-refractivity contribution in [3.63, 3.8) is 0 Å². The molecule has 0 radical (unpaired) electrons. The van der Waals surface area contributed by atoms with Crippen molar-refractivity contribution in [3.05, 3.63) is 36.0 Å². The van der Waals surface area contributed by atoms with E-state index in [1.54, 1.807) is 11.8 Å². The number of rotatable bonds is 4. The summed E-state index contributed by atoms with van der Waals surface area (Å²) >= 11 is 0. The third kappa shape index (κ3) is 2.92. The van der Waals surface area contributed by atoms with E-state index in [1.165, 1.54) is 0 Å². The SMILES string of the molecule is CC(=O)N1CC(OCc2nc(C3COc4ccccc4O3)no2)C1. The highest BCUT2D eigenvalue weighted by Crippen LogP contribution is 2.35. The lowest BCUT2D eigenvalue weighted by Crippen LogP contribution is -2.53. The normalized spacial score (nSPS) is 19.9. The lowest BCUT2D eigenvalue weighted by Gasteiger charge is -2.37. The number of carbonyl (C=O) groups is 1. The monoisotopic (exact) mass is 331 g/mol. The van der Waals surface area contributed by atoms with Crippen molar-refractivity contribution in [3.8, 4) is 11.5 Å². The number of carbonyl (C=O) groups excluding carboxylic acids is 1. The molecule has 1 aromatic carbocycles. The first kappa shape index (κ1) is 14.9. The van der Waals surface area contributed by atoms with Crippen molar-refractivity contribution in [1.29, 1.82) is 0 Å². The molecule has 2 aliphatic heterocycles. The maximum atomic E-state index is 11.1. The fourth-order valence-corrected chi connectivity index (χ4v) is 2.59. The Balaban J connectivity index is 1.32. The van der Waals surface area contributed by atoms with E-state index < -0.39 is 6.10 Å². The molecular formula is C16H17N3O5. The fourth-order valence-electron chi connectivity index (χ4n) is 2.59. The molecule has 0 saturated carbocycles. The number of amides is 1. The van der Waals surface area contributed by atoms with Gasteiger partial charge in [-0.1, -0.05) is 17.3 Å². The summed E-state index contributed by atoms with van der Waals surface area (Å²) in [6, 6.07) is 7.45. The summed E-state index contributed by atoms with van der Waals surface area (Å²) in [5.74, 6) is 2.25. The van der Waals surface area contributed by atoms with Crippen molar-refractivity contribution >= 4 is 5.91 Å². The predicted octanol–water partition coefficient (Wildman–Crippen LogP) is 1.33. The molecule has 0 aliphatic carbocycles. The van der Waals surface area contributed by atoms with Crippen LogP contribution in [-0.4, -0.2) is 46.7 Å². The van der Waals surface area contributed by atoms with Crippen molar-refractivity contribution < 1.29 is 23.5 Å². The van der Waals surface area contributed by atoms with Crippen LogP contribution >= 0.6 is 0 Å². The highest BCUT2D eigenvalue weighted by molar-refractivity contribution is 5.74. The molecule has 8 nitrogen and oxygen atoms in total. The zero-order chi connectivity index (χ0) is 16.5. The summed E-state index contributed by atoms with van der Waals surface area (Å²) in [4.78, 5) is 17.1. The number of hydrogen-bond acceptors (Lipinski definition) is 7. The Morgan fingerprint density at radius 2 is 2.12 bits per heavy atom. The van der Waals surface area contributed by atoms with Gasteiger partial charge in [-0.3, -0.25) is 4.79 Å². The topological polar surface area (TPSA) is 86.9 Å². The van der Waals surface area contributed by atoms with Crippen molar-refractivity contribution in [2.24, 2.45) is 0 Å². The van der Waals surface area contributed by atoms with Gasteiger partial charge in [-0.05, 0) is 12.1 Å². The standard InChI is InChI=1S/C16H17N3O5/c1-10(20)19-6-11(7-19)21-9-15-17-16(18-24-15)14-8-22-12-4-2-3-5-13(12)23-14/h2-5,11,14H,6-9H2,1H3. The maximum Gasteiger partial charge on any atom is 0.252 e. The number of nitrogens with zero attached hydrogens (tertiary/aromatic N) is 3. The van der Waals surface area contributed by atoms with Gasteiger partial charge in [0.2, 0.25) is 11.7 Å². The summed E-state index contributed by atoms with van der Waals surface area (Å²) in [6.07, 6.45) is -0.389. The molecule has 0 spiro atoms. The lowest BCUT2D eigenvalue weighted by molar-refractivity contribution is -0.144. The van der Waals surface area contributed by atoms with E-state index in [1.807, 2.05) is 24.3 Å². The molecule has 2 aromatic rings. The Labute approximate surface area is 138 Å². The van der Waals surface area contributed by atoms with Crippen LogP contribution in [0.25, 0.3) is 0 Å². The van der Waals surface area contributed by atoms with Crippen LogP contribution in [0.4, 0.5) is 0 Å². The van der Waals surface area contributed by atoms with Gasteiger partial charge in [-0.2, -0.15) is 4.98 Å². The Kier molecular flexibility index (Phi) is 3.81. The second-order valence-electron chi connectivity index (χ2n) is 5.77. The van der Waals surface area contributed by atoms with Gasteiger partial charge in [-0.25, -0.2) is 0 Å². The molecule has 1 fully saturated rings. The second kappa shape index (κ2) is 6.12. The second-order valence-corrected chi connectivity index (χ2v) is 5.77. The van der Waals surface area contributed by atoms with Crippen LogP contribution < -0.4 is 9.47 Å². The number of hydrogen-bond donors (Lipinski definition) is 0. The molecule has 8 heteroatoms. The van der Waals surface area contributed by atoms with Crippen LogP contribution in [0.5, 0.6) is 11.5 Å². The van der Waals surface area contributed by atoms with E-state index in [-0.39, 0.29) is 18.6 Å². The molecule has 4 rings (SSSR count). The maximum absolute atomic E-state index is 11.1. The zero-order valence-corrected chi connectivity index (χ0v) is 13.2. The van der Waals surface area contributed by atoms with Crippen molar-refractivity contribution in [1.82, 2.24) is 15.0 Å². The average Bonchev–Trinajstić information content (AvgIpc) is 3.01. The molecule has 24 heavy (non-hydrogen) atoms. The number of fused-ring (bicyclic) bond motifs is 1. The Bertz CT molecular complexity index is 741. The number of ether oxygens (including phenoxy) is 3. The summed E-state index contributed by atoms with van der Waals surface area (Å²) < 4.78 is 22.3. The average molecular weight is 331 g/mol. The third-order valence-corrected chi connectivity index (χ3v) is 4.02. The highest BCUT2D eigenvalue weighted by Gasteiger charge is 2.30. The molecule has 126 valence electrons. The van der Waals surface area contributed by atoms with Crippen LogP contribution in [-0.2, 0) is 16.1 Å². The first-order valence-electron chi connectivity index (χ1n) is 7.77. The molecule has 0 bridgehead atoms. The Morgan fingerprint density at radius 1 is 1.33 bits per heavy atom. The molecule has 1 saturated heterocycles. The molecular weight excluding hydrogens is 314 g/mol. The Morgan fingerprint density at radius 3 is 2.92 bits per heavy atom. The largest absolute Gasteiger partial charge is 0.485 e. The molecule has 1 atom stereocenters. The third-order valence-electron chi connectivity index (χ3n) is 4.02. The molecule has 1 unspecified atom stereocenters. The van der Waals surface area contributed by atoms with Crippen LogP contribution in [0.1, 0.15) is 24.7 Å². The number of likely N-dealkylation sites (tertiary alicyclic amines) is 1. The van der Waals surface area contributed by atoms with E-state index >= 15 is 0 Å². The van der Waals surface area contributed by atoms with Crippen LogP contribution in [0, 0.1) is 0 Å². The molecule has 0 N–H and O–H groups in total. The van der Waals surface area contributed by atoms with E-state index in [4.69, 9.17) is 18.7 Å². The van der Waals surface area contributed by atoms with Gasteiger partial charge in [0, 0.05) is 20.0 Å². The van der Waals surface area contributed by atoms with Gasteiger partial charge in [0.25, 0.3) is 5.89 Å². The molecule has 1 amide bonds. The van der Waals surface area contributed by atoms with Gasteiger partial charge >= 0.3 is 0 Å². The number of para-hydroxylation sites is 2. The first-order chi connectivity index (χ1) is 11.7. The quantitative estimate of drug-likeness (QED) is 0.835. The minimum Gasteiger partial charge on any atom is -0.485 e. The van der Waals surface area contributed by atoms with Gasteiger partial charge in [0.15, 0.2) is 17.6 Å². The minimum absolute atomic E-state index is 0.0189. The van der Waals surface area contributed by atoms with Crippen LogP contribution in [0.15, 0.2) is 28.8 Å². The molecule has 3 heterocycles. The number of benzene rings is 1. The van der Waals surface area contributed by atoms with E-state index in [9.17, 15) is 4.79 Å². The summed E-state index contributed by atoms with van der Waals surface area (Å²) in [5.41, 5.74) is 0. The van der Waals surface area contributed by atoms with Gasteiger partial charge in [0.05, 0.1) is 6.10 Å². The fraction of sp³-hybridized carbons (Fsp3) is 0.438. The lowest BCUT2D eigenvalue weighted by atomic mass is 10.2. The van der Waals surface area contributed by atoms with Crippen LogP contribution in [0.2, 0.25) is 0 Å². The van der Waals surface area contributed by atoms with Crippen molar-refractivity contribution in [2.45, 2.75) is 25.7 Å². The van der Waals surface area contributed by atoms with Crippen LogP contribution in [0.3, 0.4) is 0 Å². The zero-order valence-electron chi connectivity index (χ0n) is 13.2.